The average Bonchev–Trinajstić information content (AvgIpc) is 3.25. The molecule has 3 heterocycles. The molecule has 2 aliphatic rings. The van der Waals surface area contributed by atoms with Gasteiger partial charge >= 0.3 is 0 Å². The lowest BCUT2D eigenvalue weighted by Gasteiger charge is -2.31. The Hall–Kier alpha value is -3.45. The summed E-state index contributed by atoms with van der Waals surface area (Å²) >= 11 is 0. The number of carbonyl (C=O) groups is 3. The Morgan fingerprint density at radius 3 is 2.63 bits per heavy atom. The number of aromatic amines is 1. The molecule has 0 saturated carbocycles. The molecule has 2 N–H and O–H groups in total. The molecule has 5 rings (SSSR count). The number of benzene rings is 2. The standard InChI is InChI=1S/C23H22N4O3/c1-14(28)24-15-6-8-16(9-7-15)27-22(29)12-21(23(27)30)26-11-10-20-18(13-26)17-4-2-3-5-19(17)25-20/h2-9,21,25H,10-13H2,1H3,(H,24,28)/t21-/m1/s1. The third-order valence-corrected chi connectivity index (χ3v) is 5.92. The summed E-state index contributed by atoms with van der Waals surface area (Å²) in [7, 11) is 0. The molecule has 7 heteroatoms. The van der Waals surface area contributed by atoms with Crippen molar-refractivity contribution in [2.45, 2.75) is 32.4 Å². The van der Waals surface area contributed by atoms with Crippen molar-refractivity contribution < 1.29 is 14.4 Å². The highest BCUT2D eigenvalue weighted by molar-refractivity contribution is 6.22. The van der Waals surface area contributed by atoms with E-state index in [0.717, 1.165) is 18.5 Å². The Bertz CT molecular complexity index is 1160. The Morgan fingerprint density at radius 1 is 1.10 bits per heavy atom. The van der Waals surface area contributed by atoms with E-state index in [0.29, 0.717) is 17.9 Å². The largest absolute Gasteiger partial charge is 0.358 e. The van der Waals surface area contributed by atoms with Gasteiger partial charge in [0.1, 0.15) is 0 Å². The van der Waals surface area contributed by atoms with Crippen molar-refractivity contribution in [1.29, 1.82) is 0 Å². The molecule has 3 amide bonds. The van der Waals surface area contributed by atoms with Crippen LogP contribution < -0.4 is 10.2 Å². The SMILES string of the molecule is CC(=O)Nc1ccc(N2C(=O)C[C@@H](N3CCc4[nH]c5ccccc5c4C3)C2=O)cc1. The van der Waals surface area contributed by atoms with Crippen molar-refractivity contribution >= 4 is 40.0 Å². The first-order valence-electron chi connectivity index (χ1n) is 10.1. The minimum absolute atomic E-state index is 0.169. The Balaban J connectivity index is 1.37. The van der Waals surface area contributed by atoms with Gasteiger partial charge in [0.05, 0.1) is 18.2 Å². The minimum Gasteiger partial charge on any atom is -0.358 e. The highest BCUT2D eigenvalue weighted by Crippen LogP contribution is 2.32. The predicted molar refractivity (Wildman–Crippen MR) is 114 cm³/mol. The van der Waals surface area contributed by atoms with E-state index in [2.05, 4.69) is 27.3 Å². The summed E-state index contributed by atoms with van der Waals surface area (Å²) in [6, 6.07) is 14.5. The van der Waals surface area contributed by atoms with Crippen molar-refractivity contribution in [1.82, 2.24) is 9.88 Å². The highest BCUT2D eigenvalue weighted by atomic mass is 16.2. The second kappa shape index (κ2) is 7.11. The molecule has 1 aromatic heterocycles. The molecule has 1 fully saturated rings. The second-order valence-corrected chi connectivity index (χ2v) is 7.86. The number of H-pyrrole nitrogens is 1. The van der Waals surface area contributed by atoms with Gasteiger partial charge in [-0.15, -0.1) is 0 Å². The van der Waals surface area contributed by atoms with Crippen LogP contribution >= 0.6 is 0 Å². The van der Waals surface area contributed by atoms with E-state index >= 15 is 0 Å². The van der Waals surface area contributed by atoms with Gasteiger partial charge in [0.15, 0.2) is 0 Å². The smallest absolute Gasteiger partial charge is 0.251 e. The van der Waals surface area contributed by atoms with E-state index < -0.39 is 6.04 Å². The van der Waals surface area contributed by atoms with Gasteiger partial charge in [-0.1, -0.05) is 18.2 Å². The molecule has 30 heavy (non-hydrogen) atoms. The van der Waals surface area contributed by atoms with Crippen molar-refractivity contribution in [2.24, 2.45) is 0 Å². The number of hydrogen-bond acceptors (Lipinski definition) is 4. The number of nitrogens with zero attached hydrogens (tertiary/aromatic N) is 2. The average molecular weight is 402 g/mol. The van der Waals surface area contributed by atoms with Crippen molar-refractivity contribution in [3.05, 3.63) is 59.8 Å². The van der Waals surface area contributed by atoms with Crippen LogP contribution in [0.25, 0.3) is 10.9 Å². The van der Waals surface area contributed by atoms with Crippen LogP contribution in [0.1, 0.15) is 24.6 Å². The van der Waals surface area contributed by atoms with E-state index in [1.54, 1.807) is 24.3 Å². The van der Waals surface area contributed by atoms with Crippen LogP contribution in [-0.2, 0) is 27.3 Å². The molecular weight excluding hydrogens is 380 g/mol. The maximum Gasteiger partial charge on any atom is 0.251 e. The number of rotatable bonds is 3. The molecule has 0 unspecified atom stereocenters. The molecule has 2 aliphatic heterocycles. The summed E-state index contributed by atoms with van der Waals surface area (Å²) in [5, 5.41) is 3.87. The van der Waals surface area contributed by atoms with Crippen LogP contribution in [0.5, 0.6) is 0 Å². The summed E-state index contributed by atoms with van der Waals surface area (Å²) in [5.41, 5.74) is 4.71. The number of nitrogens with one attached hydrogen (secondary N) is 2. The zero-order chi connectivity index (χ0) is 20.8. The first kappa shape index (κ1) is 18.6. The van der Waals surface area contributed by atoms with Gasteiger partial charge in [-0.3, -0.25) is 19.3 Å². The van der Waals surface area contributed by atoms with Gasteiger partial charge in [0, 0.05) is 48.7 Å². The van der Waals surface area contributed by atoms with E-state index in [4.69, 9.17) is 0 Å². The van der Waals surface area contributed by atoms with Crippen molar-refractivity contribution in [3.63, 3.8) is 0 Å². The van der Waals surface area contributed by atoms with Crippen LogP contribution in [0.15, 0.2) is 48.5 Å². The molecule has 0 radical (unpaired) electrons. The number of hydrogen-bond donors (Lipinski definition) is 2. The summed E-state index contributed by atoms with van der Waals surface area (Å²) in [4.78, 5) is 44.0. The molecule has 1 atom stereocenters. The molecule has 2 aromatic carbocycles. The van der Waals surface area contributed by atoms with E-state index in [-0.39, 0.29) is 24.1 Å². The molecule has 0 aliphatic carbocycles. The lowest BCUT2D eigenvalue weighted by atomic mass is 10.0. The summed E-state index contributed by atoms with van der Waals surface area (Å²) in [5.74, 6) is -0.546. The van der Waals surface area contributed by atoms with Crippen LogP contribution in [0.3, 0.4) is 0 Å². The Morgan fingerprint density at radius 2 is 1.87 bits per heavy atom. The molecule has 7 nitrogen and oxygen atoms in total. The van der Waals surface area contributed by atoms with Crippen LogP contribution in [-0.4, -0.2) is 40.2 Å². The fourth-order valence-electron chi connectivity index (χ4n) is 4.52. The highest BCUT2D eigenvalue weighted by Gasteiger charge is 2.43. The van der Waals surface area contributed by atoms with Crippen molar-refractivity contribution in [3.8, 4) is 0 Å². The molecule has 152 valence electrons. The maximum absolute atomic E-state index is 13.2. The quantitative estimate of drug-likeness (QED) is 0.660. The molecule has 1 saturated heterocycles. The summed E-state index contributed by atoms with van der Waals surface area (Å²) in [6.45, 7) is 2.82. The number of para-hydroxylation sites is 1. The van der Waals surface area contributed by atoms with Gasteiger partial charge in [-0.2, -0.15) is 0 Å². The van der Waals surface area contributed by atoms with E-state index in [1.165, 1.54) is 28.5 Å². The second-order valence-electron chi connectivity index (χ2n) is 7.86. The zero-order valence-electron chi connectivity index (χ0n) is 16.6. The van der Waals surface area contributed by atoms with Crippen LogP contribution in [0, 0.1) is 0 Å². The van der Waals surface area contributed by atoms with Crippen LogP contribution in [0.2, 0.25) is 0 Å². The Kier molecular flexibility index (Phi) is 4.40. The number of carbonyl (C=O) groups excluding carboxylic acids is 3. The lowest BCUT2D eigenvalue weighted by molar-refractivity contribution is -0.123. The van der Waals surface area contributed by atoms with Gasteiger partial charge in [-0.05, 0) is 35.9 Å². The molecule has 3 aromatic rings. The predicted octanol–water partition coefficient (Wildman–Crippen LogP) is 2.82. The summed E-state index contributed by atoms with van der Waals surface area (Å²) < 4.78 is 0. The van der Waals surface area contributed by atoms with Gasteiger partial charge in [0.2, 0.25) is 11.8 Å². The monoisotopic (exact) mass is 402 g/mol. The number of anilines is 2. The van der Waals surface area contributed by atoms with Crippen LogP contribution in [0.4, 0.5) is 11.4 Å². The zero-order valence-corrected chi connectivity index (χ0v) is 16.6. The first-order valence-corrected chi connectivity index (χ1v) is 10.1. The topological polar surface area (TPSA) is 85.5 Å². The van der Waals surface area contributed by atoms with E-state index in [9.17, 15) is 14.4 Å². The number of aromatic nitrogens is 1. The number of fused-ring (bicyclic) bond motifs is 3. The Labute approximate surface area is 173 Å². The lowest BCUT2D eigenvalue weighted by Crippen LogP contribution is -2.44. The van der Waals surface area contributed by atoms with Crippen molar-refractivity contribution in [2.75, 3.05) is 16.8 Å². The van der Waals surface area contributed by atoms with E-state index in [1.807, 2.05) is 12.1 Å². The normalized spacial score (nSPS) is 19.4. The van der Waals surface area contributed by atoms with Gasteiger partial charge in [0.25, 0.3) is 5.91 Å². The molecular formula is C23H22N4O3. The number of amides is 3. The third kappa shape index (κ3) is 3.07. The van der Waals surface area contributed by atoms with Gasteiger partial charge in [-0.25, -0.2) is 4.90 Å². The maximum atomic E-state index is 13.2. The first-order chi connectivity index (χ1) is 14.5. The minimum atomic E-state index is -0.450. The fraction of sp³-hybridized carbons (Fsp3) is 0.261. The third-order valence-electron chi connectivity index (χ3n) is 5.92. The summed E-state index contributed by atoms with van der Waals surface area (Å²) in [6.07, 6.45) is 1.01. The fourth-order valence-corrected chi connectivity index (χ4v) is 4.52. The molecule has 0 bridgehead atoms. The van der Waals surface area contributed by atoms with Gasteiger partial charge < -0.3 is 10.3 Å². The molecule has 0 spiro atoms. The number of imide groups is 1.